The van der Waals surface area contributed by atoms with E-state index in [1.54, 1.807) is 18.2 Å². The molecule has 4 nitrogen and oxygen atoms in total. The van der Waals surface area contributed by atoms with Crippen LogP contribution in [-0.2, 0) is 4.79 Å². The molecule has 170 valence electrons. The van der Waals surface area contributed by atoms with E-state index >= 15 is 0 Å². The zero-order valence-electron chi connectivity index (χ0n) is 19.1. The normalized spacial score (nSPS) is 11.4. The monoisotopic (exact) mass is 426 g/mol. The van der Waals surface area contributed by atoms with Crippen molar-refractivity contribution in [2.75, 3.05) is 0 Å². The Labute approximate surface area is 186 Å². The third kappa shape index (κ3) is 10.5. The maximum atomic E-state index is 12.0. The van der Waals surface area contributed by atoms with Gasteiger partial charge in [0, 0.05) is 11.8 Å². The van der Waals surface area contributed by atoms with Gasteiger partial charge in [0.25, 0.3) is 0 Å². The summed E-state index contributed by atoms with van der Waals surface area (Å²) in [6.07, 6.45) is 20.8. The van der Waals surface area contributed by atoms with Crippen LogP contribution in [0.25, 0.3) is 11.0 Å². The van der Waals surface area contributed by atoms with Gasteiger partial charge in [0.2, 0.25) is 5.75 Å². The highest BCUT2D eigenvalue weighted by Crippen LogP contribution is 2.17. The van der Waals surface area contributed by atoms with Gasteiger partial charge in [-0.15, -0.1) is 0 Å². The number of hydrogen-bond donors (Lipinski definition) is 0. The first kappa shape index (κ1) is 24.9. The van der Waals surface area contributed by atoms with E-state index in [1.807, 2.05) is 12.1 Å². The summed E-state index contributed by atoms with van der Waals surface area (Å²) in [5, 5.41) is 0.742. The summed E-state index contributed by atoms with van der Waals surface area (Å²) in [6.45, 7) is 2.26. The summed E-state index contributed by atoms with van der Waals surface area (Å²) >= 11 is 0. The van der Waals surface area contributed by atoms with Crippen molar-refractivity contribution in [3.63, 3.8) is 0 Å². The minimum Gasteiger partial charge on any atom is -0.420 e. The van der Waals surface area contributed by atoms with Gasteiger partial charge in [-0.05, 0) is 44.2 Å². The van der Waals surface area contributed by atoms with Crippen molar-refractivity contribution in [2.24, 2.45) is 0 Å². The van der Waals surface area contributed by atoms with Crippen LogP contribution in [0.3, 0.4) is 0 Å². The van der Waals surface area contributed by atoms with Crippen molar-refractivity contribution in [1.29, 1.82) is 0 Å². The van der Waals surface area contributed by atoms with Gasteiger partial charge in [-0.25, -0.2) is 4.79 Å². The Morgan fingerprint density at radius 2 is 1.48 bits per heavy atom. The van der Waals surface area contributed by atoms with E-state index in [9.17, 15) is 9.59 Å². The lowest BCUT2D eigenvalue weighted by Gasteiger charge is -2.04. The summed E-state index contributed by atoms with van der Waals surface area (Å²) in [7, 11) is 0. The molecule has 0 aliphatic rings. The molecule has 0 radical (unpaired) electrons. The molecule has 0 fully saturated rings. The smallest absolute Gasteiger partial charge is 0.379 e. The molecule has 1 heterocycles. The summed E-state index contributed by atoms with van der Waals surface area (Å²) in [6, 6.07) is 8.75. The summed E-state index contributed by atoms with van der Waals surface area (Å²) in [5.41, 5.74) is -0.124. The Morgan fingerprint density at radius 1 is 0.871 bits per heavy atom. The molecule has 0 N–H and O–H groups in total. The van der Waals surface area contributed by atoms with Crippen LogP contribution >= 0.6 is 0 Å². The number of allylic oxidation sites excluding steroid dienone is 2. The molecule has 31 heavy (non-hydrogen) atoms. The number of esters is 1. The molecular weight excluding hydrogens is 388 g/mol. The molecule has 0 spiro atoms. The molecule has 1 aromatic carbocycles. The number of hydrogen-bond acceptors (Lipinski definition) is 4. The molecule has 2 rings (SSSR count). The second-order valence-corrected chi connectivity index (χ2v) is 8.24. The number of carbonyl (C=O) groups is 1. The highest BCUT2D eigenvalue weighted by Gasteiger charge is 2.11. The van der Waals surface area contributed by atoms with Crippen molar-refractivity contribution in [1.82, 2.24) is 0 Å². The molecular formula is C27H38O4. The summed E-state index contributed by atoms with van der Waals surface area (Å²) < 4.78 is 10.4. The largest absolute Gasteiger partial charge is 0.420 e. The molecule has 0 saturated heterocycles. The fraction of sp³-hybridized carbons (Fsp3) is 0.556. The summed E-state index contributed by atoms with van der Waals surface area (Å²) in [5.74, 6) is -0.406. The van der Waals surface area contributed by atoms with Crippen LogP contribution in [0.4, 0.5) is 0 Å². The van der Waals surface area contributed by atoms with Crippen LogP contribution in [0.5, 0.6) is 5.75 Å². The maximum Gasteiger partial charge on any atom is 0.379 e. The molecule has 1 aromatic heterocycles. The average Bonchev–Trinajstić information content (AvgIpc) is 2.77. The quantitative estimate of drug-likeness (QED) is 0.119. The molecule has 0 amide bonds. The van der Waals surface area contributed by atoms with E-state index in [0.717, 1.165) is 31.1 Å². The van der Waals surface area contributed by atoms with Gasteiger partial charge in [-0.1, -0.05) is 88.6 Å². The maximum absolute atomic E-state index is 12.0. The average molecular weight is 427 g/mol. The van der Waals surface area contributed by atoms with Crippen molar-refractivity contribution in [3.05, 3.63) is 52.9 Å². The number of unbranched alkanes of at least 4 members (excludes halogenated alkanes) is 11. The van der Waals surface area contributed by atoms with Crippen molar-refractivity contribution in [2.45, 2.75) is 96.8 Å². The van der Waals surface area contributed by atoms with E-state index in [0.29, 0.717) is 12.0 Å². The highest BCUT2D eigenvalue weighted by atomic mass is 16.5. The zero-order chi connectivity index (χ0) is 22.2. The Balaban J connectivity index is 1.48. The first-order valence-electron chi connectivity index (χ1n) is 12.1. The molecule has 0 unspecified atom stereocenters. The molecule has 0 aliphatic heterocycles. The highest BCUT2D eigenvalue weighted by molar-refractivity contribution is 5.79. The Morgan fingerprint density at radius 3 is 2.19 bits per heavy atom. The van der Waals surface area contributed by atoms with Gasteiger partial charge in [0.15, 0.2) is 0 Å². The SMILES string of the molecule is CCCCCCCC/C=C\CCCCCCCC(=O)Oc1cc2ccccc2oc1=O. The molecule has 0 aliphatic carbocycles. The van der Waals surface area contributed by atoms with E-state index in [-0.39, 0.29) is 11.7 Å². The van der Waals surface area contributed by atoms with Crippen LogP contribution in [0, 0.1) is 0 Å². The van der Waals surface area contributed by atoms with Crippen molar-refractivity contribution in [3.8, 4) is 5.75 Å². The first-order chi connectivity index (χ1) is 15.2. The number of para-hydroxylation sites is 1. The minimum absolute atomic E-state index is 0.0311. The van der Waals surface area contributed by atoms with E-state index in [4.69, 9.17) is 9.15 Å². The minimum atomic E-state index is -0.614. The Hall–Kier alpha value is -2.36. The third-order valence-electron chi connectivity index (χ3n) is 5.48. The lowest BCUT2D eigenvalue weighted by molar-refractivity contribution is -0.134. The molecule has 2 aromatic rings. The number of rotatable bonds is 16. The number of fused-ring (bicyclic) bond motifs is 1. The van der Waals surface area contributed by atoms with Crippen LogP contribution in [-0.4, -0.2) is 5.97 Å². The molecule has 0 bridgehead atoms. The standard InChI is InChI=1S/C27H38O4/c1-2-3-4-5-6-7-8-9-10-11-12-13-14-15-16-21-26(28)30-25-22-23-19-17-18-20-24(23)31-27(25)29/h9-10,17-20,22H,2-8,11-16,21H2,1H3/b10-9-. The third-order valence-corrected chi connectivity index (χ3v) is 5.48. The predicted octanol–water partition coefficient (Wildman–Crippen LogP) is 7.74. The van der Waals surface area contributed by atoms with Gasteiger partial charge < -0.3 is 9.15 Å². The van der Waals surface area contributed by atoms with Gasteiger partial charge >= 0.3 is 11.6 Å². The lowest BCUT2D eigenvalue weighted by Crippen LogP contribution is -2.13. The molecule has 4 heteroatoms. The van der Waals surface area contributed by atoms with Crippen molar-refractivity contribution >= 4 is 16.9 Å². The fourth-order valence-corrected chi connectivity index (χ4v) is 3.63. The topological polar surface area (TPSA) is 56.5 Å². The number of benzene rings is 1. The molecule has 0 saturated carbocycles. The fourth-order valence-electron chi connectivity index (χ4n) is 3.63. The number of carbonyl (C=O) groups excluding carboxylic acids is 1. The van der Waals surface area contributed by atoms with Crippen molar-refractivity contribution < 1.29 is 13.9 Å². The van der Waals surface area contributed by atoms with E-state index < -0.39 is 5.63 Å². The second-order valence-electron chi connectivity index (χ2n) is 8.24. The van der Waals surface area contributed by atoms with Gasteiger partial charge in [-0.3, -0.25) is 4.79 Å². The lowest BCUT2D eigenvalue weighted by atomic mass is 10.1. The first-order valence-corrected chi connectivity index (χ1v) is 12.1. The van der Waals surface area contributed by atoms with Crippen LogP contribution in [0.15, 0.2) is 51.7 Å². The second kappa shape index (κ2) is 15.4. The zero-order valence-corrected chi connectivity index (χ0v) is 19.1. The Bertz CT molecular complexity index is 850. The Kier molecular flexibility index (Phi) is 12.4. The van der Waals surface area contributed by atoms with Crippen LogP contribution in [0.1, 0.15) is 96.8 Å². The van der Waals surface area contributed by atoms with Gasteiger partial charge in [-0.2, -0.15) is 0 Å². The number of ether oxygens (including phenoxy) is 1. The van der Waals surface area contributed by atoms with Gasteiger partial charge in [0.1, 0.15) is 5.58 Å². The predicted molar refractivity (Wildman–Crippen MR) is 128 cm³/mol. The van der Waals surface area contributed by atoms with Crippen LogP contribution in [0.2, 0.25) is 0 Å². The van der Waals surface area contributed by atoms with Gasteiger partial charge in [0.05, 0.1) is 0 Å². The van der Waals surface area contributed by atoms with E-state index in [1.165, 1.54) is 57.8 Å². The van der Waals surface area contributed by atoms with E-state index in [2.05, 4.69) is 19.1 Å². The summed E-state index contributed by atoms with van der Waals surface area (Å²) in [4.78, 5) is 24.0. The van der Waals surface area contributed by atoms with Crippen LogP contribution < -0.4 is 10.4 Å². The molecule has 0 atom stereocenters.